The van der Waals surface area contributed by atoms with E-state index in [9.17, 15) is 4.79 Å². The topological polar surface area (TPSA) is 62.6 Å². The van der Waals surface area contributed by atoms with Crippen molar-refractivity contribution in [3.63, 3.8) is 0 Å². The third-order valence-corrected chi connectivity index (χ3v) is 5.11. The van der Waals surface area contributed by atoms with E-state index in [2.05, 4.69) is 24.0 Å². The Morgan fingerprint density at radius 2 is 1.74 bits per heavy atom. The first-order valence-electron chi connectivity index (χ1n) is 10.1. The van der Waals surface area contributed by atoms with Crippen molar-refractivity contribution in [1.82, 2.24) is 9.55 Å². The van der Waals surface area contributed by atoms with E-state index in [-0.39, 0.29) is 6.61 Å². The van der Waals surface area contributed by atoms with Crippen LogP contribution in [0.1, 0.15) is 28.7 Å². The lowest BCUT2D eigenvalue weighted by atomic mass is 10.2. The van der Waals surface area contributed by atoms with Crippen LogP contribution in [0, 0.1) is 0 Å². The van der Waals surface area contributed by atoms with Crippen LogP contribution in [0.2, 0.25) is 0 Å². The molecule has 0 N–H and O–H groups in total. The molecule has 158 valence electrons. The van der Waals surface area contributed by atoms with E-state index in [1.165, 1.54) is 12.7 Å². The van der Waals surface area contributed by atoms with Gasteiger partial charge in [-0.3, -0.25) is 0 Å². The standard InChI is InChI=1S/C25H24N2O4/c1-4-17-7-5-10-20(13-17)31-21-11-12-22-23(15-21)27(2)24(26-22)16-30-19-9-6-8-18(14-19)25(28)29-3/h5-15H,4,16H2,1-3H3. The number of methoxy groups -OCH3 is 1. The normalized spacial score (nSPS) is 10.8. The van der Waals surface area contributed by atoms with Crippen molar-refractivity contribution in [2.75, 3.05) is 7.11 Å². The summed E-state index contributed by atoms with van der Waals surface area (Å²) in [5, 5.41) is 0. The predicted molar refractivity (Wildman–Crippen MR) is 119 cm³/mol. The van der Waals surface area contributed by atoms with Gasteiger partial charge in [0.1, 0.15) is 29.7 Å². The average molecular weight is 416 g/mol. The molecule has 1 aromatic heterocycles. The van der Waals surface area contributed by atoms with Gasteiger partial charge in [0.15, 0.2) is 0 Å². The number of esters is 1. The molecule has 0 amide bonds. The SMILES string of the molecule is CCc1cccc(Oc2ccc3nc(COc4cccc(C(=O)OC)c4)n(C)c3c2)c1. The summed E-state index contributed by atoms with van der Waals surface area (Å²) in [4.78, 5) is 16.4. The second-order valence-corrected chi connectivity index (χ2v) is 7.15. The quantitative estimate of drug-likeness (QED) is 0.383. The summed E-state index contributed by atoms with van der Waals surface area (Å²) in [6, 6.07) is 20.8. The minimum absolute atomic E-state index is 0.268. The van der Waals surface area contributed by atoms with Crippen LogP contribution in [0.5, 0.6) is 17.2 Å². The number of fused-ring (bicyclic) bond motifs is 1. The number of rotatable bonds is 7. The fourth-order valence-corrected chi connectivity index (χ4v) is 3.36. The van der Waals surface area contributed by atoms with E-state index < -0.39 is 5.97 Å². The second kappa shape index (κ2) is 8.92. The predicted octanol–water partition coefficient (Wildman–Crippen LogP) is 5.29. The molecule has 1 heterocycles. The molecule has 0 saturated carbocycles. The molecule has 0 unspecified atom stereocenters. The molecule has 0 spiro atoms. The molecule has 0 aliphatic rings. The van der Waals surface area contributed by atoms with Crippen molar-refractivity contribution in [2.45, 2.75) is 20.0 Å². The van der Waals surface area contributed by atoms with Gasteiger partial charge in [0.05, 0.1) is 23.7 Å². The summed E-state index contributed by atoms with van der Waals surface area (Å²) >= 11 is 0. The van der Waals surface area contributed by atoms with Gasteiger partial charge in [0, 0.05) is 13.1 Å². The second-order valence-electron chi connectivity index (χ2n) is 7.15. The van der Waals surface area contributed by atoms with Crippen LogP contribution >= 0.6 is 0 Å². The highest BCUT2D eigenvalue weighted by molar-refractivity contribution is 5.89. The van der Waals surface area contributed by atoms with Crippen molar-refractivity contribution in [3.8, 4) is 17.2 Å². The number of carbonyl (C=O) groups is 1. The fourth-order valence-electron chi connectivity index (χ4n) is 3.36. The van der Waals surface area contributed by atoms with Crippen molar-refractivity contribution >= 4 is 17.0 Å². The van der Waals surface area contributed by atoms with Gasteiger partial charge in [-0.2, -0.15) is 0 Å². The number of nitrogens with zero attached hydrogens (tertiary/aromatic N) is 2. The molecule has 0 bridgehead atoms. The Morgan fingerprint density at radius 1 is 0.968 bits per heavy atom. The molecule has 6 heteroatoms. The first-order chi connectivity index (χ1) is 15.1. The molecule has 31 heavy (non-hydrogen) atoms. The van der Waals surface area contributed by atoms with Gasteiger partial charge in [0.2, 0.25) is 0 Å². The maximum atomic E-state index is 11.7. The summed E-state index contributed by atoms with van der Waals surface area (Å²) in [5.41, 5.74) is 3.49. The van der Waals surface area contributed by atoms with Crippen LogP contribution in [0.3, 0.4) is 0 Å². The minimum Gasteiger partial charge on any atom is -0.486 e. The lowest BCUT2D eigenvalue weighted by Crippen LogP contribution is -2.05. The van der Waals surface area contributed by atoms with Gasteiger partial charge >= 0.3 is 5.97 Å². The molecule has 3 aromatic carbocycles. The Morgan fingerprint density at radius 3 is 2.55 bits per heavy atom. The number of ether oxygens (including phenoxy) is 3. The molecule has 0 atom stereocenters. The summed E-state index contributed by atoms with van der Waals surface area (Å²) in [5.74, 6) is 2.51. The van der Waals surface area contributed by atoms with E-state index in [4.69, 9.17) is 14.2 Å². The highest BCUT2D eigenvalue weighted by Crippen LogP contribution is 2.27. The first-order valence-corrected chi connectivity index (χ1v) is 10.1. The van der Waals surface area contributed by atoms with Gasteiger partial charge < -0.3 is 18.8 Å². The van der Waals surface area contributed by atoms with Crippen molar-refractivity contribution < 1.29 is 19.0 Å². The van der Waals surface area contributed by atoms with Crippen molar-refractivity contribution in [2.24, 2.45) is 7.05 Å². The van der Waals surface area contributed by atoms with Crippen LogP contribution in [-0.4, -0.2) is 22.6 Å². The third-order valence-electron chi connectivity index (χ3n) is 5.11. The largest absolute Gasteiger partial charge is 0.486 e. The van der Waals surface area contributed by atoms with E-state index in [0.717, 1.165) is 34.8 Å². The van der Waals surface area contributed by atoms with Gasteiger partial charge in [-0.05, 0) is 54.4 Å². The van der Waals surface area contributed by atoms with E-state index in [0.29, 0.717) is 11.3 Å². The Bertz CT molecular complexity index is 1230. The van der Waals surface area contributed by atoms with Crippen LogP contribution in [0.4, 0.5) is 0 Å². The Kier molecular flexibility index (Phi) is 5.89. The zero-order chi connectivity index (χ0) is 21.8. The third kappa shape index (κ3) is 4.53. The molecule has 4 rings (SSSR count). The van der Waals surface area contributed by atoms with Crippen LogP contribution in [-0.2, 0) is 24.8 Å². The number of aromatic nitrogens is 2. The number of hydrogen-bond donors (Lipinski definition) is 0. The molecule has 0 aliphatic heterocycles. The fraction of sp³-hybridized carbons (Fsp3) is 0.200. The zero-order valence-electron chi connectivity index (χ0n) is 17.8. The molecule has 4 aromatic rings. The Balaban J connectivity index is 1.52. The maximum Gasteiger partial charge on any atom is 0.337 e. The molecule has 0 radical (unpaired) electrons. The first kappa shape index (κ1) is 20.5. The minimum atomic E-state index is -0.398. The average Bonchev–Trinajstić information content (AvgIpc) is 3.12. The molecule has 0 saturated heterocycles. The summed E-state index contributed by atoms with van der Waals surface area (Å²) in [6.07, 6.45) is 0.962. The van der Waals surface area contributed by atoms with Crippen LogP contribution in [0.15, 0.2) is 66.7 Å². The van der Waals surface area contributed by atoms with Gasteiger partial charge in [-0.1, -0.05) is 25.1 Å². The lowest BCUT2D eigenvalue weighted by molar-refractivity contribution is 0.0600. The monoisotopic (exact) mass is 416 g/mol. The number of hydrogen-bond acceptors (Lipinski definition) is 5. The zero-order valence-corrected chi connectivity index (χ0v) is 17.8. The molecular formula is C25H24N2O4. The smallest absolute Gasteiger partial charge is 0.337 e. The van der Waals surface area contributed by atoms with Crippen LogP contribution in [0.25, 0.3) is 11.0 Å². The number of benzene rings is 3. The molecular weight excluding hydrogens is 392 g/mol. The van der Waals surface area contributed by atoms with Gasteiger partial charge in [0.25, 0.3) is 0 Å². The Hall–Kier alpha value is -3.80. The van der Waals surface area contributed by atoms with Crippen molar-refractivity contribution in [1.29, 1.82) is 0 Å². The number of carbonyl (C=O) groups excluding carboxylic acids is 1. The van der Waals surface area contributed by atoms with Gasteiger partial charge in [-0.15, -0.1) is 0 Å². The molecule has 0 fully saturated rings. The molecule has 0 aliphatic carbocycles. The van der Waals surface area contributed by atoms with E-state index >= 15 is 0 Å². The summed E-state index contributed by atoms with van der Waals surface area (Å²) in [7, 11) is 3.30. The van der Waals surface area contributed by atoms with E-state index in [1.807, 2.05) is 41.9 Å². The number of aryl methyl sites for hydroxylation is 2. The van der Waals surface area contributed by atoms with Crippen molar-refractivity contribution in [3.05, 3.63) is 83.7 Å². The van der Waals surface area contributed by atoms with Gasteiger partial charge in [-0.25, -0.2) is 9.78 Å². The highest BCUT2D eigenvalue weighted by atomic mass is 16.5. The number of imidazole rings is 1. The maximum absolute atomic E-state index is 11.7. The Labute approximate surface area is 181 Å². The van der Waals surface area contributed by atoms with Crippen LogP contribution < -0.4 is 9.47 Å². The highest BCUT2D eigenvalue weighted by Gasteiger charge is 2.11. The summed E-state index contributed by atoms with van der Waals surface area (Å²) in [6.45, 7) is 2.39. The van der Waals surface area contributed by atoms with E-state index in [1.54, 1.807) is 24.3 Å². The summed E-state index contributed by atoms with van der Waals surface area (Å²) < 4.78 is 18.7. The lowest BCUT2D eigenvalue weighted by Gasteiger charge is -2.08. The molecule has 6 nitrogen and oxygen atoms in total.